The summed E-state index contributed by atoms with van der Waals surface area (Å²) in [4.78, 5) is 2.89. The van der Waals surface area contributed by atoms with Gasteiger partial charge in [-0.15, -0.1) is 0 Å². The molecule has 6 rings (SSSR count). The Labute approximate surface area is 211 Å². The van der Waals surface area contributed by atoms with Crippen molar-refractivity contribution in [3.8, 4) is 0 Å². The molecule has 0 heterocycles. The predicted octanol–water partition coefficient (Wildman–Crippen LogP) is 5.81. The first kappa shape index (κ1) is 24.0. The molecule has 8 atom stereocenters. The largest absolute Gasteiger partial charge is 0.393 e. The van der Waals surface area contributed by atoms with Gasteiger partial charge in [0.15, 0.2) is 0 Å². The van der Waals surface area contributed by atoms with E-state index < -0.39 is 10.0 Å². The van der Waals surface area contributed by atoms with Crippen LogP contribution in [0.25, 0.3) is 0 Å². The molecule has 0 unspecified atom stereocenters. The second kappa shape index (κ2) is 8.58. The molecule has 1 aromatic rings. The van der Waals surface area contributed by atoms with E-state index in [0.717, 1.165) is 61.1 Å². The van der Waals surface area contributed by atoms with Gasteiger partial charge in [-0.25, -0.2) is 4.83 Å². The molecule has 35 heavy (non-hydrogen) atoms. The van der Waals surface area contributed by atoms with Crippen LogP contribution in [0, 0.1) is 47.3 Å². The number of rotatable bonds is 3. The minimum atomic E-state index is -3.64. The van der Waals surface area contributed by atoms with Crippen LogP contribution in [-0.2, 0) is 10.0 Å². The highest BCUT2D eigenvalue weighted by Gasteiger charge is 2.62. The van der Waals surface area contributed by atoms with Gasteiger partial charge in [-0.05, 0) is 131 Å². The second-order valence-electron chi connectivity index (χ2n) is 12.9. The number of benzene rings is 1. The van der Waals surface area contributed by atoms with Gasteiger partial charge in [0.1, 0.15) is 0 Å². The smallest absolute Gasteiger partial charge is 0.276 e. The Morgan fingerprint density at radius 2 is 1.77 bits per heavy atom. The monoisotopic (exact) mass is 498 g/mol. The lowest BCUT2D eigenvalue weighted by molar-refractivity contribution is -0.130. The summed E-state index contributed by atoms with van der Waals surface area (Å²) in [5.41, 5.74) is 2.88. The Morgan fingerprint density at radius 1 is 0.971 bits per heavy atom. The van der Waals surface area contributed by atoms with Crippen molar-refractivity contribution >= 4 is 15.7 Å². The first-order chi connectivity index (χ1) is 16.7. The lowest BCUT2D eigenvalue weighted by Crippen LogP contribution is -2.55. The van der Waals surface area contributed by atoms with E-state index in [4.69, 9.17) is 0 Å². The van der Waals surface area contributed by atoms with Crippen molar-refractivity contribution in [3.05, 3.63) is 29.8 Å². The number of hydrogen-bond donors (Lipinski definition) is 2. The van der Waals surface area contributed by atoms with Gasteiger partial charge in [0.2, 0.25) is 0 Å². The van der Waals surface area contributed by atoms with Crippen LogP contribution < -0.4 is 4.83 Å². The molecule has 5 fully saturated rings. The molecule has 0 aliphatic heterocycles. The van der Waals surface area contributed by atoms with Crippen molar-refractivity contribution in [1.29, 1.82) is 0 Å². The van der Waals surface area contributed by atoms with Crippen molar-refractivity contribution in [2.24, 2.45) is 45.5 Å². The fourth-order valence-electron chi connectivity index (χ4n) is 9.82. The van der Waals surface area contributed by atoms with Crippen LogP contribution in [0.2, 0.25) is 0 Å². The summed E-state index contributed by atoms with van der Waals surface area (Å²) in [6.45, 7) is 4.51. The lowest BCUT2D eigenvalue weighted by Gasteiger charge is -2.62. The van der Waals surface area contributed by atoms with Gasteiger partial charge >= 0.3 is 0 Å². The SMILES string of the molecule is Cc1ccc(S(=O)(=O)N/N=C2\CCC[C@]34CC[C@H]5[C@@H](CC[C@@H]6C[C@H](O)CC[C@@]65C)[C@@H]3CC[C@H]24)cc1. The van der Waals surface area contributed by atoms with Crippen LogP contribution in [0.4, 0.5) is 0 Å². The first-order valence-corrected chi connectivity index (χ1v) is 15.5. The maximum absolute atomic E-state index is 12.9. The Balaban J connectivity index is 1.23. The fraction of sp³-hybridized carbons (Fsp3) is 0.759. The van der Waals surface area contributed by atoms with Crippen LogP contribution >= 0.6 is 0 Å². The molecule has 5 saturated carbocycles. The van der Waals surface area contributed by atoms with Crippen molar-refractivity contribution in [3.63, 3.8) is 0 Å². The van der Waals surface area contributed by atoms with Crippen LogP contribution in [0.5, 0.6) is 0 Å². The highest BCUT2D eigenvalue weighted by atomic mass is 32.2. The molecular weight excluding hydrogens is 456 g/mol. The summed E-state index contributed by atoms with van der Waals surface area (Å²) in [5, 5.41) is 14.9. The van der Waals surface area contributed by atoms with E-state index in [0.29, 0.717) is 22.7 Å². The quantitative estimate of drug-likeness (QED) is 0.516. The summed E-state index contributed by atoms with van der Waals surface area (Å²) < 4.78 is 25.8. The third kappa shape index (κ3) is 3.80. The summed E-state index contributed by atoms with van der Waals surface area (Å²) in [5.74, 6) is 3.48. The van der Waals surface area contributed by atoms with Crippen molar-refractivity contribution in [2.45, 2.75) is 102 Å². The molecule has 5 nitrogen and oxygen atoms in total. The van der Waals surface area contributed by atoms with Crippen molar-refractivity contribution < 1.29 is 13.5 Å². The molecule has 5 aliphatic rings. The number of aryl methyl sites for hydroxylation is 1. The van der Waals surface area contributed by atoms with Gasteiger partial charge in [0.05, 0.1) is 11.0 Å². The normalized spacial score (nSPS) is 44.1. The molecule has 5 aliphatic carbocycles. The maximum Gasteiger partial charge on any atom is 0.276 e. The fourth-order valence-corrected chi connectivity index (χ4v) is 10.7. The van der Waals surface area contributed by atoms with E-state index in [1.807, 2.05) is 19.1 Å². The molecule has 0 bridgehead atoms. The number of hydrogen-bond acceptors (Lipinski definition) is 4. The molecule has 192 valence electrons. The molecule has 2 N–H and O–H groups in total. The van der Waals surface area contributed by atoms with Crippen molar-refractivity contribution in [2.75, 3.05) is 0 Å². The highest BCUT2D eigenvalue weighted by molar-refractivity contribution is 7.89. The molecule has 6 heteroatoms. The van der Waals surface area contributed by atoms with Crippen LogP contribution in [-0.4, -0.2) is 25.3 Å². The van der Waals surface area contributed by atoms with E-state index in [2.05, 4.69) is 16.9 Å². The number of nitrogens with zero attached hydrogens (tertiary/aromatic N) is 1. The Bertz CT molecular complexity index is 1100. The lowest BCUT2D eigenvalue weighted by atomic mass is 9.43. The van der Waals surface area contributed by atoms with E-state index in [1.165, 1.54) is 44.9 Å². The van der Waals surface area contributed by atoms with Crippen molar-refractivity contribution in [1.82, 2.24) is 4.83 Å². The van der Waals surface area contributed by atoms with Crippen LogP contribution in [0.15, 0.2) is 34.3 Å². The zero-order valence-electron chi connectivity index (χ0n) is 21.4. The average Bonchev–Trinajstić information content (AvgIpc) is 3.24. The molecular formula is C29H42N2O3S. The summed E-state index contributed by atoms with van der Waals surface area (Å²) in [7, 11) is -3.64. The van der Waals surface area contributed by atoms with E-state index in [-0.39, 0.29) is 11.0 Å². The zero-order chi connectivity index (χ0) is 24.4. The van der Waals surface area contributed by atoms with Crippen LogP contribution in [0.3, 0.4) is 0 Å². The maximum atomic E-state index is 12.9. The van der Waals surface area contributed by atoms with Gasteiger partial charge in [0, 0.05) is 11.6 Å². The third-order valence-corrected chi connectivity index (χ3v) is 12.7. The van der Waals surface area contributed by atoms with Crippen LogP contribution in [0.1, 0.15) is 89.5 Å². The van der Waals surface area contributed by atoms with E-state index in [1.54, 1.807) is 12.1 Å². The van der Waals surface area contributed by atoms with Gasteiger partial charge in [0.25, 0.3) is 10.0 Å². The number of aliphatic hydroxyl groups is 1. The number of fused-ring (bicyclic) bond motifs is 4. The van der Waals surface area contributed by atoms with Gasteiger partial charge < -0.3 is 5.11 Å². The highest BCUT2D eigenvalue weighted by Crippen LogP contribution is 2.69. The molecule has 0 saturated heterocycles. The topological polar surface area (TPSA) is 78.8 Å². The van der Waals surface area contributed by atoms with E-state index in [9.17, 15) is 13.5 Å². The van der Waals surface area contributed by atoms with Gasteiger partial charge in [-0.2, -0.15) is 13.5 Å². The van der Waals surface area contributed by atoms with E-state index >= 15 is 0 Å². The molecule has 1 aromatic carbocycles. The first-order valence-electron chi connectivity index (χ1n) is 14.1. The number of sulfonamides is 1. The zero-order valence-corrected chi connectivity index (χ0v) is 22.2. The number of aliphatic hydroxyl groups excluding tert-OH is 1. The minimum absolute atomic E-state index is 0.0868. The average molecular weight is 499 g/mol. The summed E-state index contributed by atoms with van der Waals surface area (Å²) in [6, 6.07) is 6.99. The predicted molar refractivity (Wildman–Crippen MR) is 138 cm³/mol. The number of nitrogens with one attached hydrogen (secondary N) is 1. The molecule has 1 spiro atoms. The standard InChI is InChI=1S/C29H42N2O3S/c1-19-5-8-22(9-6-19)35(33,34)31-30-27-4-3-15-29-17-14-24-23(25(29)11-12-26(27)29)10-7-20-18-21(32)13-16-28(20,24)2/h5-6,8-9,20-21,23-26,31-32H,3-4,7,10-18H2,1-2H3/b30-27+/t20-,21-,23-,24+,25+,26-,28+,29+/m1/s1. The minimum Gasteiger partial charge on any atom is -0.393 e. The summed E-state index contributed by atoms with van der Waals surface area (Å²) in [6.07, 6.45) is 14.1. The van der Waals surface area contributed by atoms with Gasteiger partial charge in [-0.1, -0.05) is 24.6 Å². The Kier molecular flexibility index (Phi) is 5.87. The second-order valence-corrected chi connectivity index (χ2v) is 14.5. The molecule has 0 amide bonds. The molecule has 0 aromatic heterocycles. The third-order valence-electron chi connectivity index (χ3n) is 11.5. The Morgan fingerprint density at radius 3 is 2.57 bits per heavy atom. The molecule has 0 radical (unpaired) electrons. The van der Waals surface area contributed by atoms with Gasteiger partial charge in [-0.3, -0.25) is 0 Å². The number of hydrazone groups is 1. The Hall–Kier alpha value is -1.40. The summed E-state index contributed by atoms with van der Waals surface area (Å²) >= 11 is 0.